The smallest absolute Gasteiger partial charge is 0.251 e. The highest BCUT2D eigenvalue weighted by Crippen LogP contribution is 2.47. The third-order valence-corrected chi connectivity index (χ3v) is 4.62. The number of hydrogen-bond acceptors (Lipinski definition) is 3. The number of carbonyl (C=O) groups excluding carboxylic acids is 1. The lowest BCUT2D eigenvalue weighted by Crippen LogP contribution is -2.32. The predicted molar refractivity (Wildman–Crippen MR) is 98.4 cm³/mol. The summed E-state index contributed by atoms with van der Waals surface area (Å²) in [7, 11) is 1.58. The van der Waals surface area contributed by atoms with Crippen LogP contribution in [0.15, 0.2) is 48.5 Å². The van der Waals surface area contributed by atoms with E-state index in [1.807, 2.05) is 19.9 Å². The highest BCUT2D eigenvalue weighted by Gasteiger charge is 2.44. The zero-order valence-corrected chi connectivity index (χ0v) is 15.0. The Morgan fingerprint density at radius 2 is 1.84 bits per heavy atom. The fourth-order valence-corrected chi connectivity index (χ4v) is 3.02. The first-order chi connectivity index (χ1) is 12.0. The molecule has 0 saturated heterocycles. The summed E-state index contributed by atoms with van der Waals surface area (Å²) in [6.45, 7) is 4.57. The van der Waals surface area contributed by atoms with Crippen molar-refractivity contribution in [2.24, 2.45) is 0 Å². The number of amides is 1. The minimum absolute atomic E-state index is 0.0502. The Bertz CT molecular complexity index is 736. The molecule has 0 aromatic heterocycles. The van der Waals surface area contributed by atoms with Crippen LogP contribution in [-0.4, -0.2) is 25.7 Å². The van der Waals surface area contributed by atoms with Crippen molar-refractivity contribution in [2.45, 2.75) is 38.2 Å². The molecule has 4 nitrogen and oxygen atoms in total. The molecule has 0 heterocycles. The Morgan fingerprint density at radius 1 is 1.12 bits per heavy atom. The van der Waals surface area contributed by atoms with E-state index in [0.29, 0.717) is 23.6 Å². The average Bonchev–Trinajstić information content (AvgIpc) is 3.41. The summed E-state index contributed by atoms with van der Waals surface area (Å²) in [5.74, 6) is 1.14. The number of nitrogens with one attached hydrogen (secondary N) is 1. The maximum atomic E-state index is 12.5. The molecule has 1 aliphatic rings. The molecular formula is C21H25NO3. The fraction of sp³-hybridized carbons (Fsp3) is 0.381. The number of carbonyl (C=O) groups is 1. The van der Waals surface area contributed by atoms with Crippen LogP contribution >= 0.6 is 0 Å². The molecule has 0 atom stereocenters. The molecule has 132 valence electrons. The first kappa shape index (κ1) is 17.3. The predicted octanol–water partition coefficient (Wildman–Crippen LogP) is 3.94. The summed E-state index contributed by atoms with van der Waals surface area (Å²) in [6.07, 6.45) is 2.28. The summed E-state index contributed by atoms with van der Waals surface area (Å²) in [5, 5.41) is 3.08. The molecule has 0 bridgehead atoms. The third-order valence-electron chi connectivity index (χ3n) is 4.62. The van der Waals surface area contributed by atoms with Crippen LogP contribution in [0.1, 0.15) is 42.6 Å². The van der Waals surface area contributed by atoms with Crippen molar-refractivity contribution in [2.75, 3.05) is 13.7 Å². The van der Waals surface area contributed by atoms with Gasteiger partial charge in [-0.15, -0.1) is 0 Å². The van der Waals surface area contributed by atoms with Gasteiger partial charge in [-0.05, 0) is 50.5 Å². The Labute approximate surface area is 149 Å². The molecule has 1 aliphatic carbocycles. The van der Waals surface area contributed by atoms with Gasteiger partial charge in [0.25, 0.3) is 5.91 Å². The van der Waals surface area contributed by atoms with E-state index in [1.54, 1.807) is 25.3 Å². The zero-order chi connectivity index (χ0) is 17.9. The van der Waals surface area contributed by atoms with E-state index in [9.17, 15) is 4.79 Å². The third kappa shape index (κ3) is 3.95. The summed E-state index contributed by atoms with van der Waals surface area (Å²) in [5.41, 5.74) is 1.98. The number of rotatable bonds is 7. The highest BCUT2D eigenvalue weighted by atomic mass is 16.5. The maximum absolute atomic E-state index is 12.5. The topological polar surface area (TPSA) is 47.6 Å². The second-order valence-corrected chi connectivity index (χ2v) is 6.86. The number of ether oxygens (including phenoxy) is 2. The van der Waals surface area contributed by atoms with Gasteiger partial charge in [0, 0.05) is 17.5 Å². The van der Waals surface area contributed by atoms with E-state index in [2.05, 4.69) is 29.6 Å². The van der Waals surface area contributed by atoms with Gasteiger partial charge in [0.05, 0.1) is 13.2 Å². The SMILES string of the molecule is COc1cc(C(=O)NCC2(c3ccccc3)CC2)ccc1OC(C)C. The van der Waals surface area contributed by atoms with E-state index in [4.69, 9.17) is 9.47 Å². The summed E-state index contributed by atoms with van der Waals surface area (Å²) in [6, 6.07) is 15.7. The molecule has 25 heavy (non-hydrogen) atoms. The van der Waals surface area contributed by atoms with Gasteiger partial charge in [0.15, 0.2) is 11.5 Å². The Morgan fingerprint density at radius 3 is 2.44 bits per heavy atom. The Hall–Kier alpha value is -2.49. The minimum Gasteiger partial charge on any atom is -0.493 e. The van der Waals surface area contributed by atoms with E-state index < -0.39 is 0 Å². The van der Waals surface area contributed by atoms with Crippen LogP contribution in [-0.2, 0) is 5.41 Å². The van der Waals surface area contributed by atoms with Crippen molar-refractivity contribution < 1.29 is 14.3 Å². The number of hydrogen-bond donors (Lipinski definition) is 1. The standard InChI is InChI=1S/C21H25NO3/c1-15(2)25-18-10-9-16(13-19(18)24-3)20(23)22-14-21(11-12-21)17-7-5-4-6-8-17/h4-10,13,15H,11-12,14H2,1-3H3,(H,22,23). The largest absolute Gasteiger partial charge is 0.493 e. The van der Waals surface area contributed by atoms with E-state index in [-0.39, 0.29) is 17.4 Å². The molecule has 0 radical (unpaired) electrons. The molecule has 2 aromatic rings. The van der Waals surface area contributed by atoms with Crippen molar-refractivity contribution in [3.63, 3.8) is 0 Å². The number of methoxy groups -OCH3 is 1. The molecule has 1 saturated carbocycles. The average molecular weight is 339 g/mol. The molecule has 1 N–H and O–H groups in total. The van der Waals surface area contributed by atoms with E-state index in [1.165, 1.54) is 5.56 Å². The van der Waals surface area contributed by atoms with Crippen molar-refractivity contribution in [3.05, 3.63) is 59.7 Å². The Balaban J connectivity index is 1.67. The first-order valence-corrected chi connectivity index (χ1v) is 8.72. The van der Waals surface area contributed by atoms with Gasteiger partial charge in [0.2, 0.25) is 0 Å². The molecule has 1 fully saturated rings. The normalized spacial score (nSPS) is 14.9. The van der Waals surface area contributed by atoms with Gasteiger partial charge >= 0.3 is 0 Å². The minimum atomic E-state index is -0.0865. The van der Waals surface area contributed by atoms with Gasteiger partial charge in [0.1, 0.15) is 0 Å². The second kappa shape index (κ2) is 7.18. The second-order valence-electron chi connectivity index (χ2n) is 6.86. The van der Waals surface area contributed by atoms with Crippen LogP contribution in [0.2, 0.25) is 0 Å². The molecule has 2 aromatic carbocycles. The van der Waals surface area contributed by atoms with Crippen LogP contribution in [0.4, 0.5) is 0 Å². The summed E-state index contributed by atoms with van der Waals surface area (Å²) < 4.78 is 11.1. The van der Waals surface area contributed by atoms with Crippen LogP contribution in [0.25, 0.3) is 0 Å². The molecule has 1 amide bonds. The Kier molecular flexibility index (Phi) is 4.98. The molecule has 0 unspecified atom stereocenters. The fourth-order valence-electron chi connectivity index (χ4n) is 3.02. The summed E-state index contributed by atoms with van der Waals surface area (Å²) >= 11 is 0. The monoisotopic (exact) mass is 339 g/mol. The van der Waals surface area contributed by atoms with E-state index >= 15 is 0 Å². The lowest BCUT2D eigenvalue weighted by molar-refractivity contribution is 0.0949. The van der Waals surface area contributed by atoms with Crippen LogP contribution < -0.4 is 14.8 Å². The summed E-state index contributed by atoms with van der Waals surface area (Å²) in [4.78, 5) is 12.5. The van der Waals surface area contributed by atoms with Crippen molar-refractivity contribution >= 4 is 5.91 Å². The molecule has 4 heteroatoms. The molecule has 0 aliphatic heterocycles. The van der Waals surface area contributed by atoms with Crippen LogP contribution in [0.3, 0.4) is 0 Å². The maximum Gasteiger partial charge on any atom is 0.251 e. The lowest BCUT2D eigenvalue weighted by Gasteiger charge is -2.17. The van der Waals surface area contributed by atoms with Gasteiger partial charge in [-0.25, -0.2) is 0 Å². The number of benzene rings is 2. The van der Waals surface area contributed by atoms with E-state index in [0.717, 1.165) is 12.8 Å². The quantitative estimate of drug-likeness (QED) is 0.831. The molecular weight excluding hydrogens is 314 g/mol. The van der Waals surface area contributed by atoms with Gasteiger partial charge in [-0.1, -0.05) is 30.3 Å². The first-order valence-electron chi connectivity index (χ1n) is 8.72. The lowest BCUT2D eigenvalue weighted by atomic mass is 9.96. The molecule has 0 spiro atoms. The van der Waals surface area contributed by atoms with Crippen molar-refractivity contribution in [1.82, 2.24) is 5.32 Å². The van der Waals surface area contributed by atoms with Crippen molar-refractivity contribution in [3.8, 4) is 11.5 Å². The van der Waals surface area contributed by atoms with Crippen LogP contribution in [0.5, 0.6) is 11.5 Å². The van der Waals surface area contributed by atoms with Crippen molar-refractivity contribution in [1.29, 1.82) is 0 Å². The highest BCUT2D eigenvalue weighted by molar-refractivity contribution is 5.95. The molecule has 3 rings (SSSR count). The zero-order valence-electron chi connectivity index (χ0n) is 15.0. The van der Waals surface area contributed by atoms with Gasteiger partial charge in [-0.2, -0.15) is 0 Å². The van der Waals surface area contributed by atoms with Gasteiger partial charge in [-0.3, -0.25) is 4.79 Å². The van der Waals surface area contributed by atoms with Gasteiger partial charge < -0.3 is 14.8 Å². The van der Waals surface area contributed by atoms with Crippen LogP contribution in [0, 0.1) is 0 Å².